The molecule has 4 heteroatoms. The average molecular weight is 233 g/mol. The van der Waals surface area contributed by atoms with E-state index in [-0.39, 0.29) is 5.97 Å². The molecular formula is C12H11NO2S. The van der Waals surface area contributed by atoms with E-state index in [1.807, 2.05) is 31.2 Å². The first kappa shape index (κ1) is 10.8. The highest BCUT2D eigenvalue weighted by molar-refractivity contribution is 7.16. The standard InChI is InChI=1S/C12H11NO2S/c1-8-4-3-5-9(6-8)11-13-7-10(16-11)12(14)15-2/h3-7H,1-2H3. The van der Waals surface area contributed by atoms with E-state index < -0.39 is 0 Å². The number of carbonyl (C=O) groups is 1. The molecule has 0 aliphatic carbocycles. The van der Waals surface area contributed by atoms with Crippen molar-refractivity contribution >= 4 is 17.3 Å². The molecule has 0 saturated heterocycles. The van der Waals surface area contributed by atoms with E-state index in [1.54, 1.807) is 6.20 Å². The monoisotopic (exact) mass is 233 g/mol. The predicted octanol–water partition coefficient (Wildman–Crippen LogP) is 2.91. The number of ether oxygens (including phenoxy) is 1. The van der Waals surface area contributed by atoms with Crippen LogP contribution in [0.1, 0.15) is 15.2 Å². The average Bonchev–Trinajstić information content (AvgIpc) is 2.77. The summed E-state index contributed by atoms with van der Waals surface area (Å²) >= 11 is 1.34. The van der Waals surface area contributed by atoms with Gasteiger partial charge in [-0.25, -0.2) is 9.78 Å². The molecule has 0 unspecified atom stereocenters. The summed E-state index contributed by atoms with van der Waals surface area (Å²) in [5, 5.41) is 0.837. The van der Waals surface area contributed by atoms with Gasteiger partial charge in [-0.3, -0.25) is 0 Å². The van der Waals surface area contributed by atoms with Crippen molar-refractivity contribution in [3.63, 3.8) is 0 Å². The number of carbonyl (C=O) groups excluding carboxylic acids is 1. The van der Waals surface area contributed by atoms with Gasteiger partial charge < -0.3 is 4.74 Å². The predicted molar refractivity (Wildman–Crippen MR) is 63.6 cm³/mol. The van der Waals surface area contributed by atoms with Gasteiger partial charge in [0.05, 0.1) is 13.3 Å². The van der Waals surface area contributed by atoms with Crippen LogP contribution in [0.4, 0.5) is 0 Å². The summed E-state index contributed by atoms with van der Waals surface area (Å²) in [6, 6.07) is 8.02. The van der Waals surface area contributed by atoms with E-state index in [0.717, 1.165) is 10.6 Å². The zero-order valence-corrected chi connectivity index (χ0v) is 9.88. The SMILES string of the molecule is COC(=O)c1cnc(-c2cccc(C)c2)s1. The molecule has 0 aliphatic heterocycles. The highest BCUT2D eigenvalue weighted by Crippen LogP contribution is 2.25. The van der Waals surface area contributed by atoms with Gasteiger partial charge in [-0.1, -0.05) is 23.8 Å². The number of benzene rings is 1. The second kappa shape index (κ2) is 4.45. The highest BCUT2D eigenvalue weighted by atomic mass is 32.1. The lowest BCUT2D eigenvalue weighted by Gasteiger charge is -1.97. The maximum Gasteiger partial charge on any atom is 0.349 e. The molecule has 2 aromatic rings. The first-order valence-corrected chi connectivity index (χ1v) is 5.63. The summed E-state index contributed by atoms with van der Waals surface area (Å²) in [5.74, 6) is -0.337. The van der Waals surface area contributed by atoms with Gasteiger partial charge in [0.25, 0.3) is 0 Å². The molecule has 0 radical (unpaired) electrons. The van der Waals surface area contributed by atoms with Crippen LogP contribution < -0.4 is 0 Å². The number of hydrogen-bond donors (Lipinski definition) is 0. The van der Waals surface area contributed by atoms with E-state index in [0.29, 0.717) is 4.88 Å². The van der Waals surface area contributed by atoms with E-state index in [9.17, 15) is 4.79 Å². The van der Waals surface area contributed by atoms with Crippen LogP contribution in [0.3, 0.4) is 0 Å². The van der Waals surface area contributed by atoms with Crippen LogP contribution in [0, 0.1) is 6.92 Å². The zero-order chi connectivity index (χ0) is 11.5. The highest BCUT2D eigenvalue weighted by Gasteiger charge is 2.11. The fourth-order valence-corrected chi connectivity index (χ4v) is 2.21. The topological polar surface area (TPSA) is 39.2 Å². The van der Waals surface area contributed by atoms with Gasteiger partial charge in [0.1, 0.15) is 9.88 Å². The molecule has 0 aliphatic rings. The third-order valence-electron chi connectivity index (χ3n) is 2.16. The van der Waals surface area contributed by atoms with Crippen molar-refractivity contribution < 1.29 is 9.53 Å². The summed E-state index contributed by atoms with van der Waals surface area (Å²) in [5.41, 5.74) is 2.20. The molecule has 0 spiro atoms. The van der Waals surface area contributed by atoms with Crippen LogP contribution in [0.5, 0.6) is 0 Å². The lowest BCUT2D eigenvalue weighted by molar-refractivity contribution is 0.0606. The number of rotatable bonds is 2. The summed E-state index contributed by atoms with van der Waals surface area (Å²) in [6.45, 7) is 2.03. The van der Waals surface area contributed by atoms with Crippen LogP contribution in [0.25, 0.3) is 10.6 Å². The van der Waals surface area contributed by atoms with Crippen molar-refractivity contribution in [2.45, 2.75) is 6.92 Å². The number of esters is 1. The molecule has 1 heterocycles. The van der Waals surface area contributed by atoms with Gasteiger partial charge in [-0.05, 0) is 13.0 Å². The van der Waals surface area contributed by atoms with Gasteiger partial charge >= 0.3 is 5.97 Å². The lowest BCUT2D eigenvalue weighted by atomic mass is 10.1. The third-order valence-corrected chi connectivity index (χ3v) is 3.18. The molecule has 16 heavy (non-hydrogen) atoms. The number of aryl methyl sites for hydroxylation is 1. The van der Waals surface area contributed by atoms with Crippen LogP contribution >= 0.6 is 11.3 Å². The fourth-order valence-electron chi connectivity index (χ4n) is 1.38. The van der Waals surface area contributed by atoms with Crippen LogP contribution in [-0.2, 0) is 4.74 Å². The maximum absolute atomic E-state index is 11.3. The first-order valence-electron chi connectivity index (χ1n) is 4.82. The second-order valence-electron chi connectivity index (χ2n) is 3.39. The molecule has 0 atom stereocenters. The van der Waals surface area contributed by atoms with Crippen molar-refractivity contribution in [1.82, 2.24) is 4.98 Å². The first-order chi connectivity index (χ1) is 7.70. The normalized spacial score (nSPS) is 10.1. The molecule has 82 valence electrons. The van der Waals surface area contributed by atoms with Crippen molar-refractivity contribution in [3.05, 3.63) is 40.9 Å². The number of nitrogens with zero attached hydrogens (tertiary/aromatic N) is 1. The van der Waals surface area contributed by atoms with E-state index in [4.69, 9.17) is 0 Å². The molecule has 0 saturated carbocycles. The molecule has 0 fully saturated rings. The molecule has 0 N–H and O–H groups in total. The van der Waals surface area contributed by atoms with E-state index >= 15 is 0 Å². The molecule has 1 aromatic carbocycles. The molecule has 0 bridgehead atoms. The van der Waals surface area contributed by atoms with Gasteiger partial charge in [0.2, 0.25) is 0 Å². The van der Waals surface area contributed by atoms with Gasteiger partial charge in [-0.2, -0.15) is 0 Å². The van der Waals surface area contributed by atoms with Crippen molar-refractivity contribution in [2.75, 3.05) is 7.11 Å². The minimum absolute atomic E-state index is 0.337. The van der Waals surface area contributed by atoms with Crippen molar-refractivity contribution in [3.8, 4) is 10.6 Å². The lowest BCUT2D eigenvalue weighted by Crippen LogP contribution is -1.96. The Labute approximate surface area is 97.7 Å². The van der Waals surface area contributed by atoms with Gasteiger partial charge in [-0.15, -0.1) is 11.3 Å². The van der Waals surface area contributed by atoms with E-state index in [2.05, 4.69) is 9.72 Å². The Balaban J connectivity index is 2.35. The fraction of sp³-hybridized carbons (Fsp3) is 0.167. The zero-order valence-electron chi connectivity index (χ0n) is 9.06. The minimum atomic E-state index is -0.337. The summed E-state index contributed by atoms with van der Waals surface area (Å²) in [6.07, 6.45) is 1.55. The van der Waals surface area contributed by atoms with Crippen molar-refractivity contribution in [2.24, 2.45) is 0 Å². The largest absolute Gasteiger partial charge is 0.465 e. The number of aromatic nitrogens is 1. The maximum atomic E-state index is 11.3. The second-order valence-corrected chi connectivity index (χ2v) is 4.42. The third kappa shape index (κ3) is 2.12. The Hall–Kier alpha value is -1.68. The minimum Gasteiger partial charge on any atom is -0.465 e. The van der Waals surface area contributed by atoms with Crippen LogP contribution in [0.2, 0.25) is 0 Å². The smallest absolute Gasteiger partial charge is 0.349 e. The molecule has 0 amide bonds. The summed E-state index contributed by atoms with van der Waals surface area (Å²) in [7, 11) is 1.37. The Bertz CT molecular complexity index is 519. The molecular weight excluding hydrogens is 222 g/mol. The summed E-state index contributed by atoms with van der Waals surface area (Å²) < 4.78 is 4.64. The quantitative estimate of drug-likeness (QED) is 0.749. The van der Waals surface area contributed by atoms with Gasteiger partial charge in [0, 0.05) is 5.56 Å². The van der Waals surface area contributed by atoms with Gasteiger partial charge in [0.15, 0.2) is 0 Å². The Morgan fingerprint density at radius 1 is 1.44 bits per heavy atom. The molecule has 3 nitrogen and oxygen atoms in total. The van der Waals surface area contributed by atoms with Crippen LogP contribution in [-0.4, -0.2) is 18.1 Å². The Morgan fingerprint density at radius 2 is 2.25 bits per heavy atom. The Kier molecular flexibility index (Phi) is 3.01. The number of hydrogen-bond acceptors (Lipinski definition) is 4. The number of thiazole rings is 1. The molecule has 2 rings (SSSR count). The Morgan fingerprint density at radius 3 is 2.94 bits per heavy atom. The summed E-state index contributed by atoms with van der Waals surface area (Å²) in [4.78, 5) is 16.0. The number of methoxy groups -OCH3 is 1. The van der Waals surface area contributed by atoms with Crippen molar-refractivity contribution in [1.29, 1.82) is 0 Å². The van der Waals surface area contributed by atoms with Crippen LogP contribution in [0.15, 0.2) is 30.5 Å². The molecule has 1 aromatic heterocycles. The van der Waals surface area contributed by atoms with E-state index in [1.165, 1.54) is 24.0 Å².